The predicted molar refractivity (Wildman–Crippen MR) is 92.4 cm³/mol. The molecule has 0 aliphatic rings. The van der Waals surface area contributed by atoms with Gasteiger partial charge >= 0.3 is 0 Å². The smallest absolute Gasteiger partial charge is 0.242 e. The Morgan fingerprint density at radius 3 is 2.13 bits per heavy atom. The fraction of sp³-hybridized carbons (Fsp3) is 0.250. The van der Waals surface area contributed by atoms with Crippen LogP contribution in [0.5, 0.6) is 11.5 Å². The first kappa shape index (κ1) is 17.8. The third-order valence-corrected chi connectivity index (χ3v) is 5.66. The van der Waals surface area contributed by atoms with Crippen LogP contribution in [0.15, 0.2) is 57.9 Å². The molecule has 0 bridgehead atoms. The van der Waals surface area contributed by atoms with E-state index in [-0.39, 0.29) is 18.0 Å². The Morgan fingerprint density at radius 2 is 1.57 bits per heavy atom. The number of likely N-dealkylation sites (N-methyl/N-ethyl adjacent to an activating group) is 1. The van der Waals surface area contributed by atoms with E-state index in [1.165, 1.54) is 30.6 Å². The summed E-state index contributed by atoms with van der Waals surface area (Å²) in [5, 5.41) is 0. The highest BCUT2D eigenvalue weighted by atomic mass is 79.9. The van der Waals surface area contributed by atoms with Gasteiger partial charge in [-0.05, 0) is 48.5 Å². The summed E-state index contributed by atoms with van der Waals surface area (Å²) < 4.78 is 37.7. The first-order valence-electron chi connectivity index (χ1n) is 6.92. The molecule has 7 heteroatoms. The SMILES string of the molecule is COc1ccc(S(=O)(=O)N(C)CCOc2ccc(Br)cc2)cc1. The number of sulfonamides is 1. The normalized spacial score (nSPS) is 11.5. The van der Waals surface area contributed by atoms with E-state index in [1.54, 1.807) is 12.1 Å². The minimum Gasteiger partial charge on any atom is -0.497 e. The third kappa shape index (κ3) is 4.70. The van der Waals surface area contributed by atoms with Crippen LogP contribution in [0.1, 0.15) is 0 Å². The molecule has 0 amide bonds. The maximum absolute atomic E-state index is 12.4. The summed E-state index contributed by atoms with van der Waals surface area (Å²) in [6.45, 7) is 0.526. The van der Waals surface area contributed by atoms with Crippen LogP contribution in [0.25, 0.3) is 0 Å². The van der Waals surface area contributed by atoms with Crippen LogP contribution in [0.2, 0.25) is 0 Å². The largest absolute Gasteiger partial charge is 0.497 e. The second kappa shape index (κ2) is 7.81. The van der Waals surface area contributed by atoms with Crippen molar-refractivity contribution in [3.63, 3.8) is 0 Å². The van der Waals surface area contributed by atoms with Crippen molar-refractivity contribution < 1.29 is 17.9 Å². The van der Waals surface area contributed by atoms with Gasteiger partial charge in [0, 0.05) is 18.1 Å². The van der Waals surface area contributed by atoms with Gasteiger partial charge in [0.05, 0.1) is 12.0 Å². The molecule has 0 unspecified atom stereocenters. The zero-order valence-electron chi connectivity index (χ0n) is 12.9. The van der Waals surface area contributed by atoms with Crippen molar-refractivity contribution in [1.82, 2.24) is 4.31 Å². The van der Waals surface area contributed by atoms with Gasteiger partial charge in [-0.2, -0.15) is 4.31 Å². The lowest BCUT2D eigenvalue weighted by Crippen LogP contribution is -2.31. The predicted octanol–water partition coefficient (Wildman–Crippen LogP) is 3.16. The zero-order chi connectivity index (χ0) is 16.9. The van der Waals surface area contributed by atoms with E-state index >= 15 is 0 Å². The van der Waals surface area contributed by atoms with Crippen molar-refractivity contribution in [2.45, 2.75) is 4.90 Å². The number of rotatable bonds is 7. The van der Waals surface area contributed by atoms with Crippen molar-refractivity contribution >= 4 is 26.0 Å². The molecule has 0 aliphatic heterocycles. The van der Waals surface area contributed by atoms with E-state index < -0.39 is 10.0 Å². The van der Waals surface area contributed by atoms with E-state index in [2.05, 4.69) is 15.9 Å². The van der Waals surface area contributed by atoms with Crippen LogP contribution in [-0.2, 0) is 10.0 Å². The van der Waals surface area contributed by atoms with E-state index in [1.807, 2.05) is 24.3 Å². The second-order valence-corrected chi connectivity index (χ2v) is 7.77. The Hall–Kier alpha value is -1.57. The Morgan fingerprint density at radius 1 is 1.00 bits per heavy atom. The minimum atomic E-state index is -3.53. The summed E-state index contributed by atoms with van der Waals surface area (Å²) in [6, 6.07) is 13.7. The highest BCUT2D eigenvalue weighted by Gasteiger charge is 2.20. The van der Waals surface area contributed by atoms with Gasteiger partial charge < -0.3 is 9.47 Å². The highest BCUT2D eigenvalue weighted by Crippen LogP contribution is 2.19. The molecule has 0 saturated carbocycles. The first-order valence-corrected chi connectivity index (χ1v) is 9.15. The maximum Gasteiger partial charge on any atom is 0.242 e. The molecular weight excluding hydrogens is 382 g/mol. The molecule has 0 radical (unpaired) electrons. The second-order valence-electron chi connectivity index (χ2n) is 4.80. The molecule has 0 fully saturated rings. The Kier molecular flexibility index (Phi) is 6.04. The van der Waals surface area contributed by atoms with Gasteiger partial charge in [0.2, 0.25) is 10.0 Å². The van der Waals surface area contributed by atoms with Gasteiger partial charge in [0.1, 0.15) is 18.1 Å². The molecular formula is C16H18BrNO4S. The number of hydrogen-bond donors (Lipinski definition) is 0. The van der Waals surface area contributed by atoms with Crippen LogP contribution in [-0.4, -0.2) is 40.0 Å². The third-order valence-electron chi connectivity index (χ3n) is 3.26. The topological polar surface area (TPSA) is 55.8 Å². The molecule has 0 N–H and O–H groups in total. The van der Waals surface area contributed by atoms with E-state index in [4.69, 9.17) is 9.47 Å². The van der Waals surface area contributed by atoms with Gasteiger partial charge in [-0.1, -0.05) is 15.9 Å². The Labute approximate surface area is 145 Å². The lowest BCUT2D eigenvalue weighted by molar-refractivity contribution is 0.287. The molecule has 2 aromatic carbocycles. The summed E-state index contributed by atoms with van der Waals surface area (Å²) in [5.41, 5.74) is 0. The number of nitrogens with zero attached hydrogens (tertiary/aromatic N) is 1. The quantitative estimate of drug-likeness (QED) is 0.717. The lowest BCUT2D eigenvalue weighted by atomic mass is 10.3. The van der Waals surface area contributed by atoms with Gasteiger partial charge in [-0.3, -0.25) is 0 Å². The molecule has 2 rings (SSSR count). The average molecular weight is 400 g/mol. The standard InChI is InChI=1S/C16H18BrNO4S/c1-18(11-12-22-15-5-3-13(17)4-6-15)23(19,20)16-9-7-14(21-2)8-10-16/h3-10H,11-12H2,1-2H3. The number of hydrogen-bond acceptors (Lipinski definition) is 4. The first-order chi connectivity index (χ1) is 10.9. The van der Waals surface area contributed by atoms with Crippen LogP contribution in [0, 0.1) is 0 Å². The van der Waals surface area contributed by atoms with Crippen molar-refractivity contribution in [2.24, 2.45) is 0 Å². The molecule has 5 nitrogen and oxygen atoms in total. The van der Waals surface area contributed by atoms with Gasteiger partial charge in [-0.25, -0.2) is 8.42 Å². The molecule has 2 aromatic rings. The van der Waals surface area contributed by atoms with E-state index in [0.29, 0.717) is 11.5 Å². The molecule has 0 saturated heterocycles. The number of halogens is 1. The van der Waals surface area contributed by atoms with Crippen molar-refractivity contribution in [1.29, 1.82) is 0 Å². The molecule has 0 heterocycles. The fourth-order valence-electron chi connectivity index (χ4n) is 1.87. The van der Waals surface area contributed by atoms with Crippen LogP contribution in [0.3, 0.4) is 0 Å². The number of methoxy groups -OCH3 is 1. The summed E-state index contributed by atoms with van der Waals surface area (Å²) in [5.74, 6) is 1.31. The minimum absolute atomic E-state index is 0.226. The molecule has 0 aliphatic carbocycles. The van der Waals surface area contributed by atoms with Crippen molar-refractivity contribution in [3.05, 3.63) is 53.0 Å². The lowest BCUT2D eigenvalue weighted by Gasteiger charge is -2.17. The van der Waals surface area contributed by atoms with Gasteiger partial charge in [0.25, 0.3) is 0 Å². The number of ether oxygens (including phenoxy) is 2. The van der Waals surface area contributed by atoms with E-state index in [0.717, 1.165) is 4.47 Å². The monoisotopic (exact) mass is 399 g/mol. The summed E-state index contributed by atoms with van der Waals surface area (Å²) in [7, 11) is -0.466. The molecule has 0 atom stereocenters. The summed E-state index contributed by atoms with van der Waals surface area (Å²) >= 11 is 3.35. The van der Waals surface area contributed by atoms with Gasteiger partial charge in [0.15, 0.2) is 0 Å². The van der Waals surface area contributed by atoms with E-state index in [9.17, 15) is 8.42 Å². The zero-order valence-corrected chi connectivity index (χ0v) is 15.3. The van der Waals surface area contributed by atoms with Crippen molar-refractivity contribution in [3.8, 4) is 11.5 Å². The molecule has 0 spiro atoms. The number of benzene rings is 2. The van der Waals surface area contributed by atoms with Crippen LogP contribution < -0.4 is 9.47 Å². The van der Waals surface area contributed by atoms with Crippen LogP contribution >= 0.6 is 15.9 Å². The molecule has 0 aromatic heterocycles. The Balaban J connectivity index is 1.95. The van der Waals surface area contributed by atoms with Gasteiger partial charge in [-0.15, -0.1) is 0 Å². The van der Waals surface area contributed by atoms with Crippen molar-refractivity contribution in [2.75, 3.05) is 27.3 Å². The summed E-state index contributed by atoms with van der Waals surface area (Å²) in [4.78, 5) is 0.226. The molecule has 23 heavy (non-hydrogen) atoms. The van der Waals surface area contributed by atoms with Crippen LogP contribution in [0.4, 0.5) is 0 Å². The summed E-state index contributed by atoms with van der Waals surface area (Å²) in [6.07, 6.45) is 0. The highest BCUT2D eigenvalue weighted by molar-refractivity contribution is 9.10. The maximum atomic E-state index is 12.4. The fourth-order valence-corrected chi connectivity index (χ4v) is 3.29. The molecule has 124 valence electrons. The average Bonchev–Trinajstić information content (AvgIpc) is 2.56. The Bertz CT molecular complexity index is 730.